The summed E-state index contributed by atoms with van der Waals surface area (Å²) in [5, 5.41) is 0. The Morgan fingerprint density at radius 1 is 1.14 bits per heavy atom. The van der Waals surface area contributed by atoms with Crippen molar-refractivity contribution in [1.29, 1.82) is 0 Å². The van der Waals surface area contributed by atoms with Crippen molar-refractivity contribution in [3.05, 3.63) is 65.0 Å². The van der Waals surface area contributed by atoms with Gasteiger partial charge in [0.1, 0.15) is 18.1 Å². The Morgan fingerprint density at radius 2 is 1.97 bits per heavy atom. The van der Waals surface area contributed by atoms with Crippen molar-refractivity contribution in [2.45, 2.75) is 13.3 Å². The molecule has 0 unspecified atom stereocenters. The van der Waals surface area contributed by atoms with Gasteiger partial charge in [-0.1, -0.05) is 18.2 Å². The number of aromatic nitrogens is 1. The molecule has 4 rings (SSSR count). The van der Waals surface area contributed by atoms with Crippen molar-refractivity contribution in [2.24, 2.45) is 5.73 Å². The minimum Gasteiger partial charge on any atom is -0.491 e. The molecule has 6 nitrogen and oxygen atoms in total. The fourth-order valence-electron chi connectivity index (χ4n) is 3.88. The van der Waals surface area contributed by atoms with Gasteiger partial charge in [0.2, 0.25) is 0 Å². The molecule has 148 valence electrons. The van der Waals surface area contributed by atoms with Gasteiger partial charge in [0, 0.05) is 31.0 Å². The molecule has 6 heteroatoms. The molecule has 0 spiro atoms. The largest absolute Gasteiger partial charge is 0.491 e. The highest BCUT2D eigenvalue weighted by molar-refractivity contribution is 6.00. The van der Waals surface area contributed by atoms with E-state index >= 15 is 0 Å². The van der Waals surface area contributed by atoms with E-state index in [2.05, 4.69) is 4.98 Å². The number of anilines is 1. The number of amides is 1. The summed E-state index contributed by atoms with van der Waals surface area (Å²) >= 11 is 0. The number of fused-ring (bicyclic) bond motifs is 3. The Bertz CT molecular complexity index is 1110. The van der Waals surface area contributed by atoms with Crippen LogP contribution in [0.4, 0.5) is 5.69 Å². The van der Waals surface area contributed by atoms with E-state index in [9.17, 15) is 4.79 Å². The lowest BCUT2D eigenvalue weighted by molar-refractivity contribution is 0.0995. The summed E-state index contributed by atoms with van der Waals surface area (Å²) in [6.45, 7) is 2.98. The number of carbonyl (C=O) groups is 1. The van der Waals surface area contributed by atoms with Gasteiger partial charge in [-0.3, -0.25) is 9.78 Å². The Morgan fingerprint density at radius 3 is 2.72 bits per heavy atom. The summed E-state index contributed by atoms with van der Waals surface area (Å²) in [4.78, 5) is 16.4. The van der Waals surface area contributed by atoms with Crippen molar-refractivity contribution < 1.29 is 14.3 Å². The van der Waals surface area contributed by atoms with Crippen LogP contribution in [0.2, 0.25) is 0 Å². The van der Waals surface area contributed by atoms with Gasteiger partial charge in [0.25, 0.3) is 5.91 Å². The van der Waals surface area contributed by atoms with Crippen LogP contribution in [0, 0.1) is 6.92 Å². The van der Waals surface area contributed by atoms with Crippen molar-refractivity contribution >= 4 is 11.6 Å². The summed E-state index contributed by atoms with van der Waals surface area (Å²) in [5.74, 6) is 0.241. The lowest BCUT2D eigenvalue weighted by Crippen LogP contribution is -2.16. The number of ether oxygens (including phenoxy) is 2. The molecule has 0 bridgehead atoms. The molecular weight excluding hydrogens is 366 g/mol. The van der Waals surface area contributed by atoms with E-state index in [1.54, 1.807) is 13.3 Å². The van der Waals surface area contributed by atoms with Gasteiger partial charge in [-0.25, -0.2) is 0 Å². The summed E-state index contributed by atoms with van der Waals surface area (Å²) in [6, 6.07) is 11.8. The number of carbonyl (C=O) groups excluding carboxylic acids is 1. The molecular formula is C23H23N3O3. The summed E-state index contributed by atoms with van der Waals surface area (Å²) < 4.78 is 10.8. The number of hydrogen-bond acceptors (Lipinski definition) is 5. The highest BCUT2D eigenvalue weighted by Gasteiger charge is 2.28. The van der Waals surface area contributed by atoms with Crippen LogP contribution in [0.25, 0.3) is 22.3 Å². The average Bonchev–Trinajstić information content (AvgIpc) is 3.08. The van der Waals surface area contributed by atoms with Crippen LogP contribution >= 0.6 is 0 Å². The van der Waals surface area contributed by atoms with Gasteiger partial charge >= 0.3 is 0 Å². The fourth-order valence-corrected chi connectivity index (χ4v) is 3.88. The predicted octanol–water partition coefficient (Wildman–Crippen LogP) is 3.33. The summed E-state index contributed by atoms with van der Waals surface area (Å²) in [7, 11) is 1.64. The normalized spacial score (nSPS) is 11.8. The molecule has 4 N–H and O–H groups in total. The topological polar surface area (TPSA) is 100 Å². The van der Waals surface area contributed by atoms with Crippen molar-refractivity contribution in [1.82, 2.24) is 4.98 Å². The molecule has 0 saturated heterocycles. The first-order valence-electron chi connectivity index (χ1n) is 9.43. The van der Waals surface area contributed by atoms with E-state index in [0.29, 0.717) is 25.3 Å². The molecule has 2 aromatic carbocycles. The van der Waals surface area contributed by atoms with Crippen molar-refractivity contribution in [3.63, 3.8) is 0 Å². The van der Waals surface area contributed by atoms with E-state index in [-0.39, 0.29) is 0 Å². The molecule has 0 aliphatic heterocycles. The predicted molar refractivity (Wildman–Crippen MR) is 113 cm³/mol. The average molecular weight is 389 g/mol. The van der Waals surface area contributed by atoms with Gasteiger partial charge in [-0.2, -0.15) is 0 Å². The van der Waals surface area contributed by atoms with E-state index < -0.39 is 5.91 Å². The van der Waals surface area contributed by atoms with Gasteiger partial charge in [0.15, 0.2) is 0 Å². The number of hydrogen-bond donors (Lipinski definition) is 2. The Kier molecular flexibility index (Phi) is 4.94. The number of nitrogen functional groups attached to an aromatic ring is 1. The van der Waals surface area contributed by atoms with Crippen LogP contribution in [0.3, 0.4) is 0 Å². The van der Waals surface area contributed by atoms with Gasteiger partial charge in [0.05, 0.1) is 6.61 Å². The quantitative estimate of drug-likeness (QED) is 0.389. The van der Waals surface area contributed by atoms with Crippen molar-refractivity contribution in [2.75, 3.05) is 26.1 Å². The summed E-state index contributed by atoms with van der Waals surface area (Å²) in [6.07, 6.45) is 2.30. The highest BCUT2D eigenvalue weighted by Crippen LogP contribution is 2.45. The van der Waals surface area contributed by atoms with Crippen molar-refractivity contribution in [3.8, 4) is 28.0 Å². The number of methoxy groups -OCH3 is 1. The molecule has 0 atom stereocenters. The summed E-state index contributed by atoms with van der Waals surface area (Å²) in [5.41, 5.74) is 19.7. The number of pyridine rings is 1. The zero-order chi connectivity index (χ0) is 20.5. The van der Waals surface area contributed by atoms with Gasteiger partial charge in [-0.15, -0.1) is 0 Å². The molecule has 0 fully saturated rings. The minimum atomic E-state index is -0.526. The van der Waals surface area contributed by atoms with E-state index in [1.165, 1.54) is 0 Å². The molecule has 0 radical (unpaired) electrons. The molecule has 29 heavy (non-hydrogen) atoms. The lowest BCUT2D eigenvalue weighted by Gasteiger charge is -2.15. The van der Waals surface area contributed by atoms with E-state index in [4.69, 9.17) is 20.9 Å². The first-order valence-corrected chi connectivity index (χ1v) is 9.43. The maximum Gasteiger partial charge on any atom is 0.267 e. The zero-order valence-electron chi connectivity index (χ0n) is 16.5. The Hall–Kier alpha value is -3.38. The molecule has 1 aliphatic carbocycles. The monoisotopic (exact) mass is 389 g/mol. The second kappa shape index (κ2) is 7.56. The first kappa shape index (κ1) is 19.0. The molecule has 1 aliphatic rings. The number of nitrogens with zero attached hydrogens (tertiary/aromatic N) is 1. The number of nitrogens with two attached hydrogens (primary N) is 2. The molecule has 1 heterocycles. The van der Waals surface area contributed by atoms with Crippen LogP contribution in [-0.2, 0) is 11.2 Å². The fraction of sp³-hybridized carbons (Fsp3) is 0.217. The maximum absolute atomic E-state index is 12.0. The van der Waals surface area contributed by atoms with Crippen LogP contribution in [0.15, 0.2) is 42.6 Å². The Labute approximate surface area is 169 Å². The van der Waals surface area contributed by atoms with Crippen LogP contribution in [0.1, 0.15) is 27.2 Å². The molecule has 1 amide bonds. The van der Waals surface area contributed by atoms with E-state index in [0.717, 1.165) is 50.4 Å². The second-order valence-corrected chi connectivity index (χ2v) is 7.10. The number of benzene rings is 2. The number of rotatable bonds is 6. The maximum atomic E-state index is 12.0. The Balaban J connectivity index is 1.87. The lowest BCUT2D eigenvalue weighted by atomic mass is 9.92. The smallest absolute Gasteiger partial charge is 0.267 e. The third-order valence-corrected chi connectivity index (χ3v) is 5.35. The van der Waals surface area contributed by atoms with Crippen LogP contribution in [-0.4, -0.2) is 31.2 Å². The highest BCUT2D eigenvalue weighted by atomic mass is 16.5. The number of primary amides is 1. The zero-order valence-corrected chi connectivity index (χ0v) is 16.5. The van der Waals surface area contributed by atoms with Crippen LogP contribution in [0.5, 0.6) is 5.75 Å². The third-order valence-electron chi connectivity index (χ3n) is 5.35. The second-order valence-electron chi connectivity index (χ2n) is 7.10. The van der Waals surface area contributed by atoms with Crippen LogP contribution < -0.4 is 16.2 Å². The standard InChI is InChI=1S/C23H23N3O3/c1-13-16(4-3-5-20(13)24)19-12-26-22(23(25)27)18-11-14-10-15(29-9-8-28-2)6-7-17(14)21(18)19/h3-7,10,12H,8-9,11,24H2,1-2H3,(H2,25,27). The van der Waals surface area contributed by atoms with Gasteiger partial charge in [-0.05, 0) is 58.5 Å². The third kappa shape index (κ3) is 3.32. The van der Waals surface area contributed by atoms with Gasteiger partial charge < -0.3 is 20.9 Å². The molecule has 0 saturated carbocycles. The van der Waals surface area contributed by atoms with E-state index in [1.807, 2.05) is 43.3 Å². The molecule has 1 aromatic heterocycles. The molecule has 3 aromatic rings. The SMILES string of the molecule is COCCOc1ccc2c(c1)Cc1c(C(N)=O)ncc(-c3cccc(N)c3C)c1-2. The first-order chi connectivity index (χ1) is 14.0. The minimum absolute atomic E-state index is 0.309.